The summed E-state index contributed by atoms with van der Waals surface area (Å²) in [5, 5.41) is 4.20. The van der Waals surface area contributed by atoms with Gasteiger partial charge in [0.1, 0.15) is 5.82 Å². The molecule has 0 radical (unpaired) electrons. The van der Waals surface area contributed by atoms with Gasteiger partial charge >= 0.3 is 0 Å². The van der Waals surface area contributed by atoms with Gasteiger partial charge in [-0.05, 0) is 38.7 Å². The van der Waals surface area contributed by atoms with Gasteiger partial charge in [-0.1, -0.05) is 24.3 Å². The van der Waals surface area contributed by atoms with Crippen molar-refractivity contribution in [2.75, 3.05) is 27.2 Å². The van der Waals surface area contributed by atoms with Gasteiger partial charge in [-0.3, -0.25) is 14.4 Å². The van der Waals surface area contributed by atoms with Crippen molar-refractivity contribution in [3.8, 4) is 11.4 Å². The third-order valence-corrected chi connectivity index (χ3v) is 5.60. The highest BCUT2D eigenvalue weighted by Gasteiger charge is 2.23. The maximum absolute atomic E-state index is 12.1. The zero-order valence-corrected chi connectivity index (χ0v) is 17.1. The fourth-order valence-electron chi connectivity index (χ4n) is 3.89. The minimum atomic E-state index is -0.125. The number of rotatable bonds is 7. The second kappa shape index (κ2) is 8.71. The van der Waals surface area contributed by atoms with Crippen molar-refractivity contribution in [1.29, 1.82) is 0 Å². The van der Waals surface area contributed by atoms with Crippen LogP contribution in [0.15, 0.2) is 53.6 Å². The molecular weight excluding hydrogens is 364 g/mol. The van der Waals surface area contributed by atoms with Crippen LogP contribution >= 0.6 is 0 Å². The summed E-state index contributed by atoms with van der Waals surface area (Å²) in [7, 11) is 4.37. The number of aromatic amines is 1. The number of hydrogen-bond acceptors (Lipinski definition) is 5. The lowest BCUT2D eigenvalue weighted by Crippen LogP contribution is -2.33. The van der Waals surface area contributed by atoms with E-state index in [-0.39, 0.29) is 5.56 Å². The second-order valence-corrected chi connectivity index (χ2v) is 7.92. The Labute approximate surface area is 171 Å². The number of benzene rings is 1. The van der Waals surface area contributed by atoms with Crippen LogP contribution in [-0.2, 0) is 19.5 Å². The van der Waals surface area contributed by atoms with Crippen molar-refractivity contribution in [2.24, 2.45) is 0 Å². The molecule has 0 bridgehead atoms. The molecular formula is C22H28N6O. The Hall–Kier alpha value is -2.77. The Morgan fingerprint density at radius 2 is 2.10 bits per heavy atom. The van der Waals surface area contributed by atoms with Crippen LogP contribution in [0.5, 0.6) is 0 Å². The summed E-state index contributed by atoms with van der Waals surface area (Å²) >= 11 is 0. The summed E-state index contributed by atoms with van der Waals surface area (Å²) in [6.07, 6.45) is 5.55. The maximum atomic E-state index is 12.1. The number of aromatic nitrogens is 4. The lowest BCUT2D eigenvalue weighted by Gasteiger charge is -2.24. The zero-order valence-electron chi connectivity index (χ0n) is 17.1. The predicted octanol–water partition coefficient (Wildman–Crippen LogP) is 2.01. The molecule has 0 spiro atoms. The molecule has 1 aromatic carbocycles. The van der Waals surface area contributed by atoms with Crippen LogP contribution in [-0.4, -0.2) is 62.8 Å². The van der Waals surface area contributed by atoms with Gasteiger partial charge in [-0.25, -0.2) is 4.98 Å². The van der Waals surface area contributed by atoms with E-state index >= 15 is 0 Å². The van der Waals surface area contributed by atoms with E-state index in [9.17, 15) is 4.79 Å². The van der Waals surface area contributed by atoms with Gasteiger partial charge in [-0.2, -0.15) is 5.10 Å². The van der Waals surface area contributed by atoms with Crippen LogP contribution in [0.4, 0.5) is 0 Å². The van der Waals surface area contributed by atoms with E-state index in [4.69, 9.17) is 0 Å². The number of likely N-dealkylation sites (N-methyl/N-ethyl adjacent to an activating group) is 2. The number of aryl methyl sites for hydroxylation is 2. The summed E-state index contributed by atoms with van der Waals surface area (Å²) in [4.78, 5) is 24.4. The molecule has 0 aliphatic carbocycles. The predicted molar refractivity (Wildman–Crippen MR) is 114 cm³/mol. The lowest BCUT2D eigenvalue weighted by molar-refractivity contribution is 0.234. The standard InChI is InChI=1S/C22H28N6O/c1-26-12-9-20(16-26)27(2)15-17-4-6-18(7-5-17)22-24-19(14-21(29)25-22)8-13-28-11-3-10-23-28/h3-7,10-11,14,20H,8-9,12-13,15-16H2,1-2H3,(H,24,25,29). The smallest absolute Gasteiger partial charge is 0.251 e. The summed E-state index contributed by atoms with van der Waals surface area (Å²) in [6, 6.07) is 12.4. The van der Waals surface area contributed by atoms with Gasteiger partial charge in [0.05, 0.1) is 5.69 Å². The van der Waals surface area contributed by atoms with Crippen LogP contribution in [0.3, 0.4) is 0 Å². The summed E-state index contributed by atoms with van der Waals surface area (Å²) in [6.45, 7) is 3.92. The normalized spacial score (nSPS) is 17.3. The molecule has 1 aliphatic rings. The Morgan fingerprint density at radius 3 is 2.79 bits per heavy atom. The highest BCUT2D eigenvalue weighted by molar-refractivity contribution is 5.55. The average molecular weight is 393 g/mol. The van der Waals surface area contributed by atoms with Crippen LogP contribution in [0.2, 0.25) is 0 Å². The van der Waals surface area contributed by atoms with E-state index < -0.39 is 0 Å². The van der Waals surface area contributed by atoms with Gasteiger partial charge in [-0.15, -0.1) is 0 Å². The molecule has 1 atom stereocenters. The number of hydrogen-bond donors (Lipinski definition) is 1. The van der Waals surface area contributed by atoms with Gasteiger partial charge in [0.25, 0.3) is 5.56 Å². The van der Waals surface area contributed by atoms with Crippen molar-refractivity contribution in [2.45, 2.75) is 32.0 Å². The third-order valence-electron chi connectivity index (χ3n) is 5.60. The highest BCUT2D eigenvalue weighted by Crippen LogP contribution is 2.18. The SMILES string of the molecule is CN1CCC(N(C)Cc2ccc(-c3nc(CCn4cccn4)cc(=O)[nH]3)cc2)C1. The van der Waals surface area contributed by atoms with E-state index in [2.05, 4.69) is 51.1 Å². The molecule has 1 fully saturated rings. The molecule has 1 unspecified atom stereocenters. The Bertz CT molecular complexity index is 979. The second-order valence-electron chi connectivity index (χ2n) is 7.92. The van der Waals surface area contributed by atoms with Gasteiger partial charge < -0.3 is 9.88 Å². The van der Waals surface area contributed by atoms with E-state index in [0.29, 0.717) is 24.8 Å². The molecule has 3 heterocycles. The molecule has 1 saturated heterocycles. The summed E-state index contributed by atoms with van der Waals surface area (Å²) in [5.74, 6) is 0.616. The number of H-pyrrole nitrogens is 1. The first-order valence-corrected chi connectivity index (χ1v) is 10.1. The van der Waals surface area contributed by atoms with E-state index in [1.165, 1.54) is 18.5 Å². The maximum Gasteiger partial charge on any atom is 0.251 e. The van der Waals surface area contributed by atoms with Crippen molar-refractivity contribution in [3.63, 3.8) is 0 Å². The van der Waals surface area contributed by atoms with Crippen molar-refractivity contribution < 1.29 is 0 Å². The van der Waals surface area contributed by atoms with E-state index in [1.54, 1.807) is 12.3 Å². The van der Waals surface area contributed by atoms with Gasteiger partial charge in [0, 0.05) is 56.1 Å². The minimum absolute atomic E-state index is 0.125. The van der Waals surface area contributed by atoms with E-state index in [0.717, 1.165) is 24.3 Å². The lowest BCUT2D eigenvalue weighted by atomic mass is 10.1. The monoisotopic (exact) mass is 392 g/mol. The fraction of sp³-hybridized carbons (Fsp3) is 0.409. The highest BCUT2D eigenvalue weighted by atomic mass is 16.1. The number of likely N-dealkylation sites (tertiary alicyclic amines) is 1. The molecule has 1 N–H and O–H groups in total. The largest absolute Gasteiger partial charge is 0.307 e. The number of nitrogens with zero attached hydrogens (tertiary/aromatic N) is 5. The van der Waals surface area contributed by atoms with Crippen molar-refractivity contribution >= 4 is 0 Å². The third kappa shape index (κ3) is 4.99. The van der Waals surface area contributed by atoms with Crippen molar-refractivity contribution in [1.82, 2.24) is 29.5 Å². The van der Waals surface area contributed by atoms with Crippen LogP contribution in [0.25, 0.3) is 11.4 Å². The first kappa shape index (κ1) is 19.5. The molecule has 2 aromatic heterocycles. The average Bonchev–Trinajstić information content (AvgIpc) is 3.38. The van der Waals surface area contributed by atoms with Gasteiger partial charge in [0.2, 0.25) is 0 Å². The molecule has 152 valence electrons. The molecule has 1 aliphatic heterocycles. The molecule has 4 rings (SSSR count). The molecule has 7 heteroatoms. The van der Waals surface area contributed by atoms with E-state index in [1.807, 2.05) is 29.1 Å². The molecule has 29 heavy (non-hydrogen) atoms. The van der Waals surface area contributed by atoms with Crippen molar-refractivity contribution in [3.05, 3.63) is 70.4 Å². The Balaban J connectivity index is 1.43. The molecule has 3 aromatic rings. The summed E-state index contributed by atoms with van der Waals surface area (Å²) in [5.41, 5.74) is 2.84. The quantitative estimate of drug-likeness (QED) is 0.666. The topological polar surface area (TPSA) is 70.0 Å². The first-order valence-electron chi connectivity index (χ1n) is 10.1. The Kier molecular flexibility index (Phi) is 5.87. The van der Waals surface area contributed by atoms with Crippen LogP contribution < -0.4 is 5.56 Å². The summed E-state index contributed by atoms with van der Waals surface area (Å²) < 4.78 is 1.84. The zero-order chi connectivity index (χ0) is 20.2. The molecule has 0 amide bonds. The van der Waals surface area contributed by atoms with Crippen LogP contribution in [0, 0.1) is 0 Å². The minimum Gasteiger partial charge on any atom is -0.307 e. The Morgan fingerprint density at radius 1 is 1.28 bits per heavy atom. The number of nitrogens with one attached hydrogen (secondary N) is 1. The first-order chi connectivity index (χ1) is 14.1. The molecule has 7 nitrogen and oxygen atoms in total. The fourth-order valence-corrected chi connectivity index (χ4v) is 3.89. The molecule has 0 saturated carbocycles. The van der Waals surface area contributed by atoms with Crippen LogP contribution in [0.1, 0.15) is 17.7 Å². The van der Waals surface area contributed by atoms with Gasteiger partial charge in [0.15, 0.2) is 0 Å².